The Bertz CT molecular complexity index is 660. The zero-order valence-corrected chi connectivity index (χ0v) is 18.5. The standard InChI is InChI=1S/C23H37N3O3/c1-5-19(17-25-12-6-7-13-25)28-21-8-11-24-16-20(21)18-9-14-26(15-10-18)22(27)29-23(2,3)4/h8,11,16,18-19H,5-7,9-10,12-15,17H2,1-4H3/t19-/m0/s1. The maximum atomic E-state index is 12.3. The fourth-order valence-corrected chi connectivity index (χ4v) is 4.19. The van der Waals surface area contributed by atoms with Crippen molar-refractivity contribution in [1.82, 2.24) is 14.8 Å². The highest BCUT2D eigenvalue weighted by atomic mass is 16.6. The zero-order valence-electron chi connectivity index (χ0n) is 18.5. The minimum absolute atomic E-state index is 0.205. The number of hydrogen-bond acceptors (Lipinski definition) is 5. The van der Waals surface area contributed by atoms with Crippen molar-refractivity contribution < 1.29 is 14.3 Å². The molecule has 0 spiro atoms. The Labute approximate surface area is 175 Å². The van der Waals surface area contributed by atoms with E-state index in [1.807, 2.05) is 44.1 Å². The molecule has 1 amide bonds. The third-order valence-electron chi connectivity index (χ3n) is 5.81. The summed E-state index contributed by atoms with van der Waals surface area (Å²) in [6, 6.07) is 2.00. The van der Waals surface area contributed by atoms with Crippen LogP contribution in [0.25, 0.3) is 0 Å². The van der Waals surface area contributed by atoms with Crippen molar-refractivity contribution in [2.75, 3.05) is 32.7 Å². The first-order valence-corrected chi connectivity index (χ1v) is 11.2. The first-order valence-electron chi connectivity index (χ1n) is 11.2. The summed E-state index contributed by atoms with van der Waals surface area (Å²) < 4.78 is 12.0. The fraction of sp³-hybridized carbons (Fsp3) is 0.739. The van der Waals surface area contributed by atoms with Gasteiger partial charge in [-0.05, 0) is 77.9 Å². The molecule has 1 aromatic heterocycles. The normalized spacial score (nSPS) is 19.9. The minimum Gasteiger partial charge on any atom is -0.489 e. The number of piperidine rings is 1. The summed E-state index contributed by atoms with van der Waals surface area (Å²) in [6.45, 7) is 12.7. The predicted octanol–water partition coefficient (Wildman–Crippen LogP) is 4.45. The van der Waals surface area contributed by atoms with Crippen LogP contribution < -0.4 is 4.74 Å². The molecule has 3 heterocycles. The van der Waals surface area contributed by atoms with Crippen molar-refractivity contribution in [3.05, 3.63) is 24.0 Å². The number of carbonyl (C=O) groups excluding carboxylic acids is 1. The molecule has 0 unspecified atom stereocenters. The lowest BCUT2D eigenvalue weighted by atomic mass is 9.90. The monoisotopic (exact) mass is 403 g/mol. The molecule has 6 heteroatoms. The van der Waals surface area contributed by atoms with Crippen molar-refractivity contribution in [3.63, 3.8) is 0 Å². The van der Waals surface area contributed by atoms with Crippen LogP contribution in [0.1, 0.15) is 71.3 Å². The summed E-state index contributed by atoms with van der Waals surface area (Å²) in [5, 5.41) is 0. The molecule has 2 saturated heterocycles. The van der Waals surface area contributed by atoms with Crippen LogP contribution in [0.3, 0.4) is 0 Å². The molecule has 0 bridgehead atoms. The fourth-order valence-electron chi connectivity index (χ4n) is 4.19. The van der Waals surface area contributed by atoms with Crippen molar-refractivity contribution in [2.45, 2.75) is 77.4 Å². The smallest absolute Gasteiger partial charge is 0.410 e. The Hall–Kier alpha value is -1.82. The minimum atomic E-state index is -0.456. The number of likely N-dealkylation sites (tertiary alicyclic amines) is 2. The van der Waals surface area contributed by atoms with Crippen LogP contribution in [0.2, 0.25) is 0 Å². The summed E-state index contributed by atoms with van der Waals surface area (Å²) in [5.74, 6) is 1.32. The lowest BCUT2D eigenvalue weighted by Gasteiger charge is -2.34. The molecular formula is C23H37N3O3. The van der Waals surface area contributed by atoms with Gasteiger partial charge in [0.2, 0.25) is 0 Å². The average molecular weight is 404 g/mol. The predicted molar refractivity (Wildman–Crippen MR) is 114 cm³/mol. The lowest BCUT2D eigenvalue weighted by molar-refractivity contribution is 0.0204. The van der Waals surface area contributed by atoms with Crippen LogP contribution >= 0.6 is 0 Å². The molecule has 2 aliphatic heterocycles. The molecule has 0 aliphatic carbocycles. The molecule has 2 aliphatic rings. The maximum Gasteiger partial charge on any atom is 0.410 e. The second-order valence-electron chi connectivity index (χ2n) is 9.31. The molecule has 1 atom stereocenters. The Morgan fingerprint density at radius 1 is 1.21 bits per heavy atom. The van der Waals surface area contributed by atoms with Crippen LogP contribution in [-0.2, 0) is 4.74 Å². The Morgan fingerprint density at radius 3 is 2.52 bits per heavy atom. The molecular weight excluding hydrogens is 366 g/mol. The molecule has 162 valence electrons. The van der Waals surface area contributed by atoms with Crippen LogP contribution in [0, 0.1) is 0 Å². The van der Waals surface area contributed by atoms with Gasteiger partial charge in [0, 0.05) is 37.6 Å². The van der Waals surface area contributed by atoms with E-state index in [2.05, 4.69) is 16.8 Å². The molecule has 2 fully saturated rings. The molecule has 1 aromatic rings. The van der Waals surface area contributed by atoms with Gasteiger partial charge in [0.1, 0.15) is 17.5 Å². The van der Waals surface area contributed by atoms with Gasteiger partial charge in [-0.25, -0.2) is 4.79 Å². The summed E-state index contributed by atoms with van der Waals surface area (Å²) in [7, 11) is 0. The zero-order chi connectivity index (χ0) is 20.9. The van der Waals surface area contributed by atoms with E-state index in [0.29, 0.717) is 19.0 Å². The van der Waals surface area contributed by atoms with E-state index in [9.17, 15) is 4.79 Å². The second kappa shape index (κ2) is 9.79. The Kier molecular flexibility index (Phi) is 7.38. The second-order valence-corrected chi connectivity index (χ2v) is 9.31. The van der Waals surface area contributed by atoms with Gasteiger partial charge in [-0.3, -0.25) is 9.88 Å². The third kappa shape index (κ3) is 6.33. The van der Waals surface area contributed by atoms with Gasteiger partial charge < -0.3 is 14.4 Å². The van der Waals surface area contributed by atoms with Crippen molar-refractivity contribution in [2.24, 2.45) is 0 Å². The van der Waals surface area contributed by atoms with Gasteiger partial charge in [0.05, 0.1) is 0 Å². The van der Waals surface area contributed by atoms with E-state index in [4.69, 9.17) is 9.47 Å². The van der Waals surface area contributed by atoms with E-state index in [0.717, 1.165) is 31.6 Å². The SMILES string of the molecule is CC[C@@H](CN1CCCC1)Oc1ccncc1C1CCN(C(=O)OC(C)(C)C)CC1. The van der Waals surface area contributed by atoms with Gasteiger partial charge in [-0.2, -0.15) is 0 Å². The van der Waals surface area contributed by atoms with Gasteiger partial charge >= 0.3 is 6.09 Å². The number of amides is 1. The van der Waals surface area contributed by atoms with Gasteiger partial charge in [-0.1, -0.05) is 6.92 Å². The quantitative estimate of drug-likeness (QED) is 0.702. The summed E-state index contributed by atoms with van der Waals surface area (Å²) in [5.41, 5.74) is 0.721. The number of aromatic nitrogens is 1. The number of pyridine rings is 1. The average Bonchev–Trinajstić information content (AvgIpc) is 3.20. The molecule has 3 rings (SSSR count). The number of nitrogens with zero attached hydrogens (tertiary/aromatic N) is 3. The highest BCUT2D eigenvalue weighted by Gasteiger charge is 2.29. The van der Waals surface area contributed by atoms with Crippen LogP contribution in [0.4, 0.5) is 4.79 Å². The number of rotatable bonds is 6. The van der Waals surface area contributed by atoms with Gasteiger partial charge in [0.25, 0.3) is 0 Å². The molecule has 6 nitrogen and oxygen atoms in total. The largest absolute Gasteiger partial charge is 0.489 e. The van der Waals surface area contributed by atoms with Crippen LogP contribution in [0.15, 0.2) is 18.5 Å². The van der Waals surface area contributed by atoms with E-state index in [1.54, 1.807) is 0 Å². The molecule has 0 saturated carbocycles. The molecule has 0 aromatic carbocycles. The van der Waals surface area contributed by atoms with Gasteiger partial charge in [0.15, 0.2) is 0 Å². The molecule has 0 radical (unpaired) electrons. The third-order valence-corrected chi connectivity index (χ3v) is 5.81. The first-order chi connectivity index (χ1) is 13.9. The van der Waals surface area contributed by atoms with Crippen molar-refractivity contribution in [3.8, 4) is 5.75 Å². The van der Waals surface area contributed by atoms with Crippen molar-refractivity contribution >= 4 is 6.09 Å². The highest BCUT2D eigenvalue weighted by molar-refractivity contribution is 5.68. The molecule has 29 heavy (non-hydrogen) atoms. The first kappa shape index (κ1) is 21.9. The topological polar surface area (TPSA) is 54.9 Å². The van der Waals surface area contributed by atoms with Gasteiger partial charge in [-0.15, -0.1) is 0 Å². The highest BCUT2D eigenvalue weighted by Crippen LogP contribution is 2.34. The van der Waals surface area contributed by atoms with Crippen LogP contribution in [-0.4, -0.2) is 65.3 Å². The maximum absolute atomic E-state index is 12.3. The number of hydrogen-bond donors (Lipinski definition) is 0. The summed E-state index contributed by atoms with van der Waals surface area (Å²) >= 11 is 0. The van der Waals surface area contributed by atoms with E-state index in [-0.39, 0.29) is 12.2 Å². The van der Waals surface area contributed by atoms with Crippen LogP contribution in [0.5, 0.6) is 5.75 Å². The van der Waals surface area contributed by atoms with E-state index < -0.39 is 5.60 Å². The lowest BCUT2D eigenvalue weighted by Crippen LogP contribution is -2.41. The van der Waals surface area contributed by atoms with E-state index >= 15 is 0 Å². The number of ether oxygens (including phenoxy) is 2. The molecule has 0 N–H and O–H groups in total. The number of carbonyl (C=O) groups is 1. The van der Waals surface area contributed by atoms with Crippen molar-refractivity contribution in [1.29, 1.82) is 0 Å². The Morgan fingerprint density at radius 2 is 1.90 bits per heavy atom. The Balaban J connectivity index is 1.59. The summed E-state index contributed by atoms with van der Waals surface area (Å²) in [6.07, 6.45) is 9.17. The van der Waals surface area contributed by atoms with E-state index in [1.165, 1.54) is 31.5 Å². The summed E-state index contributed by atoms with van der Waals surface area (Å²) in [4.78, 5) is 21.0.